The highest BCUT2D eigenvalue weighted by Gasteiger charge is 2.04. The second-order valence-electron chi connectivity index (χ2n) is 3.01. The van der Waals surface area contributed by atoms with Crippen LogP contribution >= 0.6 is 0 Å². The van der Waals surface area contributed by atoms with Crippen LogP contribution in [0.3, 0.4) is 0 Å². The lowest BCUT2D eigenvalue weighted by atomic mass is 10.4. The summed E-state index contributed by atoms with van der Waals surface area (Å²) in [5, 5.41) is 8.50. The van der Waals surface area contributed by atoms with Crippen LogP contribution in [0.1, 0.15) is 6.42 Å². The highest BCUT2D eigenvalue weighted by Crippen LogP contribution is 1.89. The summed E-state index contributed by atoms with van der Waals surface area (Å²) in [6.07, 6.45) is 1.92. The van der Waals surface area contributed by atoms with Crippen molar-refractivity contribution in [1.82, 2.24) is 4.90 Å². The van der Waals surface area contributed by atoms with Gasteiger partial charge in [0.1, 0.15) is 9.84 Å². The Hall–Kier alpha value is -0.130. The van der Waals surface area contributed by atoms with Crippen molar-refractivity contribution in [2.75, 3.05) is 38.8 Å². The summed E-state index contributed by atoms with van der Waals surface area (Å²) >= 11 is 0. The number of hydrogen-bond acceptors (Lipinski definition) is 4. The summed E-state index contributed by atoms with van der Waals surface area (Å²) in [6.45, 7) is 1.44. The molecule has 0 aromatic rings. The van der Waals surface area contributed by atoms with Crippen LogP contribution < -0.4 is 0 Å². The topological polar surface area (TPSA) is 57.6 Å². The van der Waals surface area contributed by atoms with Crippen LogP contribution in [0.2, 0.25) is 0 Å². The van der Waals surface area contributed by atoms with Crippen molar-refractivity contribution in [1.29, 1.82) is 0 Å². The van der Waals surface area contributed by atoms with Gasteiger partial charge >= 0.3 is 0 Å². The highest BCUT2D eigenvalue weighted by atomic mass is 32.2. The summed E-state index contributed by atoms with van der Waals surface area (Å²) in [4.78, 5) is 1.90. The second kappa shape index (κ2) is 5.50. The van der Waals surface area contributed by atoms with Gasteiger partial charge in [0.15, 0.2) is 0 Å². The number of rotatable bonds is 6. The van der Waals surface area contributed by atoms with E-state index in [2.05, 4.69) is 0 Å². The van der Waals surface area contributed by atoms with Crippen LogP contribution in [-0.4, -0.2) is 57.2 Å². The maximum absolute atomic E-state index is 10.7. The molecule has 0 aromatic carbocycles. The van der Waals surface area contributed by atoms with Crippen molar-refractivity contribution in [2.45, 2.75) is 6.42 Å². The Bertz CT molecular complexity index is 201. The average Bonchev–Trinajstić information content (AvgIpc) is 1.95. The molecule has 0 aromatic heterocycles. The van der Waals surface area contributed by atoms with Gasteiger partial charge in [-0.3, -0.25) is 0 Å². The van der Waals surface area contributed by atoms with Crippen molar-refractivity contribution in [3.63, 3.8) is 0 Å². The lowest BCUT2D eigenvalue weighted by Gasteiger charge is -2.14. The first-order valence-corrected chi connectivity index (χ1v) is 5.99. The van der Waals surface area contributed by atoms with Crippen molar-refractivity contribution < 1.29 is 13.5 Å². The molecule has 0 amide bonds. The van der Waals surface area contributed by atoms with E-state index >= 15 is 0 Å². The molecule has 0 atom stereocenters. The molecule has 0 radical (unpaired) electrons. The largest absolute Gasteiger partial charge is 0.396 e. The Kier molecular flexibility index (Phi) is 5.44. The standard InChI is InChI=1S/C7H17NO3S/c1-8(4-3-6-9)5-7-12(2,10)11/h9H,3-7H2,1-2H3. The van der Waals surface area contributed by atoms with E-state index in [1.54, 1.807) is 0 Å². The predicted octanol–water partition coefficient (Wildman–Crippen LogP) is -0.655. The predicted molar refractivity (Wildman–Crippen MR) is 48.9 cm³/mol. The maximum atomic E-state index is 10.7. The van der Waals surface area contributed by atoms with Crippen molar-refractivity contribution in [2.24, 2.45) is 0 Å². The molecule has 5 heteroatoms. The molecule has 0 bridgehead atoms. The van der Waals surface area contributed by atoms with Crippen LogP contribution in [0.4, 0.5) is 0 Å². The molecule has 0 heterocycles. The number of aliphatic hydroxyl groups excluding tert-OH is 1. The van der Waals surface area contributed by atoms with Gasteiger partial charge in [-0.15, -0.1) is 0 Å². The zero-order chi connectivity index (χ0) is 9.61. The minimum absolute atomic E-state index is 0.156. The third-order valence-corrected chi connectivity index (χ3v) is 2.47. The van der Waals surface area contributed by atoms with Gasteiger partial charge < -0.3 is 10.0 Å². The lowest BCUT2D eigenvalue weighted by Crippen LogP contribution is -2.26. The molecule has 12 heavy (non-hydrogen) atoms. The Morgan fingerprint density at radius 3 is 2.33 bits per heavy atom. The first kappa shape index (κ1) is 11.9. The van der Waals surface area contributed by atoms with E-state index in [1.165, 1.54) is 6.26 Å². The van der Waals surface area contributed by atoms with Gasteiger partial charge in [0, 0.05) is 26.0 Å². The summed E-state index contributed by atoms with van der Waals surface area (Å²) in [5.41, 5.74) is 0. The Morgan fingerprint density at radius 1 is 1.33 bits per heavy atom. The fourth-order valence-corrected chi connectivity index (χ4v) is 1.42. The Labute approximate surface area is 74.1 Å². The van der Waals surface area contributed by atoms with Crippen molar-refractivity contribution >= 4 is 9.84 Å². The molecule has 0 fully saturated rings. The molecular weight excluding hydrogens is 178 g/mol. The van der Waals surface area contributed by atoms with Gasteiger partial charge in [0.2, 0.25) is 0 Å². The van der Waals surface area contributed by atoms with Gasteiger partial charge in [-0.05, 0) is 13.5 Å². The third-order valence-electron chi connectivity index (χ3n) is 1.54. The fraction of sp³-hybridized carbons (Fsp3) is 1.00. The van der Waals surface area contributed by atoms with Crippen LogP contribution in [0.25, 0.3) is 0 Å². The zero-order valence-electron chi connectivity index (χ0n) is 7.65. The third kappa shape index (κ3) is 7.97. The lowest BCUT2D eigenvalue weighted by molar-refractivity contribution is 0.252. The van der Waals surface area contributed by atoms with E-state index in [4.69, 9.17) is 5.11 Å². The minimum atomic E-state index is -2.85. The van der Waals surface area contributed by atoms with Crippen LogP contribution in [0, 0.1) is 0 Å². The number of aliphatic hydroxyl groups is 1. The van der Waals surface area contributed by atoms with Crippen LogP contribution in [-0.2, 0) is 9.84 Å². The summed E-state index contributed by atoms with van der Waals surface area (Å²) in [6, 6.07) is 0. The van der Waals surface area contributed by atoms with Crippen LogP contribution in [0.5, 0.6) is 0 Å². The van der Waals surface area contributed by atoms with E-state index in [0.717, 1.165) is 6.54 Å². The molecule has 1 N–H and O–H groups in total. The number of sulfone groups is 1. The maximum Gasteiger partial charge on any atom is 0.148 e. The number of hydrogen-bond donors (Lipinski definition) is 1. The minimum Gasteiger partial charge on any atom is -0.396 e. The smallest absolute Gasteiger partial charge is 0.148 e. The highest BCUT2D eigenvalue weighted by molar-refractivity contribution is 7.90. The number of nitrogens with zero attached hydrogens (tertiary/aromatic N) is 1. The van der Waals surface area contributed by atoms with Crippen molar-refractivity contribution in [3.8, 4) is 0 Å². The van der Waals surface area contributed by atoms with Crippen molar-refractivity contribution in [3.05, 3.63) is 0 Å². The van der Waals surface area contributed by atoms with E-state index in [-0.39, 0.29) is 12.4 Å². The summed E-state index contributed by atoms with van der Waals surface area (Å²) in [7, 11) is -1.00. The van der Waals surface area contributed by atoms with Gasteiger partial charge in [-0.2, -0.15) is 0 Å². The first-order valence-electron chi connectivity index (χ1n) is 3.93. The second-order valence-corrected chi connectivity index (χ2v) is 5.27. The Balaban J connectivity index is 3.51. The fourth-order valence-electron chi connectivity index (χ4n) is 0.774. The molecular formula is C7H17NO3S. The average molecular weight is 195 g/mol. The molecule has 0 saturated heterocycles. The molecule has 0 rings (SSSR count). The quantitative estimate of drug-likeness (QED) is 0.611. The van der Waals surface area contributed by atoms with E-state index in [0.29, 0.717) is 13.0 Å². The molecule has 0 unspecified atom stereocenters. The normalized spacial score (nSPS) is 12.3. The molecule has 4 nitrogen and oxygen atoms in total. The van der Waals surface area contributed by atoms with Gasteiger partial charge in [-0.25, -0.2) is 8.42 Å². The molecule has 0 aliphatic heterocycles. The van der Waals surface area contributed by atoms with Crippen LogP contribution in [0.15, 0.2) is 0 Å². The van der Waals surface area contributed by atoms with Gasteiger partial charge in [-0.1, -0.05) is 0 Å². The molecule has 0 aliphatic carbocycles. The van der Waals surface area contributed by atoms with Gasteiger partial charge in [0.25, 0.3) is 0 Å². The van der Waals surface area contributed by atoms with E-state index in [9.17, 15) is 8.42 Å². The molecule has 0 aliphatic rings. The SMILES string of the molecule is CN(CCCO)CCS(C)(=O)=O. The zero-order valence-corrected chi connectivity index (χ0v) is 8.47. The monoisotopic (exact) mass is 195 g/mol. The summed E-state index contributed by atoms with van der Waals surface area (Å²) in [5.74, 6) is 0.189. The Morgan fingerprint density at radius 2 is 1.92 bits per heavy atom. The van der Waals surface area contributed by atoms with E-state index in [1.807, 2.05) is 11.9 Å². The molecule has 0 spiro atoms. The first-order chi connectivity index (χ1) is 5.45. The summed E-state index contributed by atoms with van der Waals surface area (Å²) < 4.78 is 21.5. The molecule has 74 valence electrons. The molecule has 0 saturated carbocycles. The van der Waals surface area contributed by atoms with Gasteiger partial charge in [0.05, 0.1) is 5.75 Å². The van der Waals surface area contributed by atoms with E-state index < -0.39 is 9.84 Å².